The van der Waals surface area contributed by atoms with Crippen molar-refractivity contribution in [1.82, 2.24) is 25.4 Å². The number of rotatable bonds is 1. The van der Waals surface area contributed by atoms with Crippen LogP contribution in [-0.2, 0) is 11.2 Å². The van der Waals surface area contributed by atoms with Crippen molar-refractivity contribution in [3.8, 4) is 11.3 Å². The average molecular weight is 361 g/mol. The van der Waals surface area contributed by atoms with Gasteiger partial charge in [-0.1, -0.05) is 0 Å². The number of amides is 1. The summed E-state index contributed by atoms with van der Waals surface area (Å²) in [6, 6.07) is 3.99. The van der Waals surface area contributed by atoms with Crippen molar-refractivity contribution in [3.63, 3.8) is 0 Å². The molecule has 8 heteroatoms. The first-order valence-electron chi connectivity index (χ1n) is 8.66. The highest BCUT2D eigenvalue weighted by Crippen LogP contribution is 2.35. The fourth-order valence-electron chi connectivity index (χ4n) is 3.78. The van der Waals surface area contributed by atoms with Gasteiger partial charge in [0.25, 0.3) is 0 Å². The van der Waals surface area contributed by atoms with Crippen molar-refractivity contribution in [1.29, 1.82) is 0 Å². The lowest BCUT2D eigenvalue weighted by Gasteiger charge is -2.17. The Morgan fingerprint density at radius 2 is 2.07 bits per heavy atom. The standard InChI is InChI=1S/C19H16N6O2/c1-10-12(7-20-23-10)18-14-9-25(19(26)27-2)6-5-11(14)17-13-8-21-24-15(13)3-4-16(17)22-18/h3-4,7-9H,5-6H2,1-2H3,(H,20,21,22,23,24)/p+1. The summed E-state index contributed by atoms with van der Waals surface area (Å²) in [5, 5.41) is 16.4. The van der Waals surface area contributed by atoms with Gasteiger partial charge in [-0.3, -0.25) is 10.2 Å². The summed E-state index contributed by atoms with van der Waals surface area (Å²) in [7, 11) is 1.39. The normalized spacial score (nSPS) is 13.6. The maximum atomic E-state index is 12.1. The highest BCUT2D eigenvalue weighted by molar-refractivity contribution is 6.10. The molecule has 1 aliphatic rings. The first kappa shape index (κ1) is 15.7. The van der Waals surface area contributed by atoms with Crippen LogP contribution < -0.4 is 0 Å². The molecule has 0 aliphatic carbocycles. The second-order valence-corrected chi connectivity index (χ2v) is 6.59. The monoisotopic (exact) mass is 361 g/mol. The van der Waals surface area contributed by atoms with E-state index in [1.807, 2.05) is 31.5 Å². The van der Waals surface area contributed by atoms with E-state index in [4.69, 9.17) is 9.72 Å². The summed E-state index contributed by atoms with van der Waals surface area (Å²) in [5.74, 6) is 0. The Balaban J connectivity index is 1.90. The Labute approximate surface area is 153 Å². The summed E-state index contributed by atoms with van der Waals surface area (Å²) in [4.78, 5) is 17.0. The van der Waals surface area contributed by atoms with Crippen LogP contribution in [0.25, 0.3) is 33.1 Å². The molecular formula is C19H17N6O2+. The van der Waals surface area contributed by atoms with E-state index in [1.165, 1.54) is 7.11 Å². The van der Waals surface area contributed by atoms with Gasteiger partial charge in [0.2, 0.25) is 0 Å². The molecule has 4 aromatic rings. The number of nitrogens with zero attached hydrogens (tertiary/aromatic N) is 4. The molecule has 4 heterocycles. The second-order valence-electron chi connectivity index (χ2n) is 6.59. The molecule has 1 aliphatic heterocycles. The topological polar surface area (TPSA) is 99.6 Å². The zero-order chi connectivity index (χ0) is 18.5. The molecule has 0 unspecified atom stereocenters. The summed E-state index contributed by atoms with van der Waals surface area (Å²) in [6.07, 6.45) is 5.75. The van der Waals surface area contributed by atoms with Crippen LogP contribution in [0, 0.1) is 6.92 Å². The zero-order valence-electron chi connectivity index (χ0n) is 14.9. The number of pyridine rings is 1. The number of H-pyrrole nitrogens is 2. The number of carbonyl (C=O) groups is 1. The predicted molar refractivity (Wildman–Crippen MR) is 100 cm³/mol. The fraction of sp³-hybridized carbons (Fsp3) is 0.211. The van der Waals surface area contributed by atoms with Crippen LogP contribution in [0.15, 0.2) is 24.5 Å². The molecule has 27 heavy (non-hydrogen) atoms. The van der Waals surface area contributed by atoms with Crippen LogP contribution >= 0.6 is 0 Å². The van der Waals surface area contributed by atoms with Crippen LogP contribution in [0.5, 0.6) is 0 Å². The molecule has 0 saturated carbocycles. The second kappa shape index (κ2) is 5.73. The minimum absolute atomic E-state index is 0.378. The lowest BCUT2D eigenvalue weighted by Crippen LogP contribution is -2.29. The van der Waals surface area contributed by atoms with Gasteiger partial charge in [-0.05, 0) is 24.6 Å². The first-order chi connectivity index (χ1) is 13.2. The number of ether oxygens (including phenoxy) is 1. The van der Waals surface area contributed by atoms with Crippen LogP contribution in [0.1, 0.15) is 16.8 Å². The number of nitrogens with one attached hydrogen (secondary N) is 2. The highest BCUT2D eigenvalue weighted by Gasteiger charge is 2.29. The van der Waals surface area contributed by atoms with Gasteiger partial charge >= 0.3 is 6.09 Å². The van der Waals surface area contributed by atoms with E-state index in [0.29, 0.717) is 13.0 Å². The number of aromatic nitrogens is 5. The third kappa shape index (κ3) is 2.26. The van der Waals surface area contributed by atoms with Crippen LogP contribution in [0.3, 0.4) is 0 Å². The van der Waals surface area contributed by atoms with E-state index >= 15 is 0 Å². The van der Waals surface area contributed by atoms with E-state index in [9.17, 15) is 4.79 Å². The molecule has 0 saturated heterocycles. The van der Waals surface area contributed by atoms with Gasteiger partial charge in [0, 0.05) is 28.5 Å². The van der Waals surface area contributed by atoms with E-state index in [1.54, 1.807) is 10.8 Å². The number of hydrogen-bond acceptors (Lipinski definition) is 5. The zero-order valence-corrected chi connectivity index (χ0v) is 14.9. The fourth-order valence-corrected chi connectivity index (χ4v) is 3.78. The molecule has 0 spiro atoms. The predicted octanol–water partition coefficient (Wildman–Crippen LogP) is 2.56. The number of aryl methyl sites for hydroxylation is 1. The Hall–Kier alpha value is -3.55. The Morgan fingerprint density at radius 1 is 1.22 bits per heavy atom. The van der Waals surface area contributed by atoms with Crippen molar-refractivity contribution in [2.24, 2.45) is 0 Å². The number of methoxy groups -OCH3 is 1. The van der Waals surface area contributed by atoms with Gasteiger partial charge in [0.1, 0.15) is 0 Å². The SMILES string of the molecule is COC(=O)[N+]1=Cc2c(-c3cn[nH]c3C)nc3ccc4[nH]ncc4c3c2CC1. The molecule has 1 amide bonds. The third-order valence-electron chi connectivity index (χ3n) is 5.10. The quantitative estimate of drug-likeness (QED) is 0.508. The van der Waals surface area contributed by atoms with Crippen LogP contribution in [0.4, 0.5) is 4.79 Å². The summed E-state index contributed by atoms with van der Waals surface area (Å²) >= 11 is 0. The van der Waals surface area contributed by atoms with Gasteiger partial charge in [-0.15, -0.1) is 4.58 Å². The molecule has 1 aromatic carbocycles. The maximum Gasteiger partial charge on any atom is 0.596 e. The Bertz CT molecular complexity index is 1250. The molecular weight excluding hydrogens is 344 g/mol. The van der Waals surface area contributed by atoms with Gasteiger partial charge in [0.15, 0.2) is 12.8 Å². The smallest absolute Gasteiger partial charge is 0.415 e. The van der Waals surface area contributed by atoms with Crippen molar-refractivity contribution >= 4 is 34.1 Å². The number of fused-ring (bicyclic) bond motifs is 5. The highest BCUT2D eigenvalue weighted by atomic mass is 16.5. The van der Waals surface area contributed by atoms with Crippen molar-refractivity contribution in [3.05, 3.63) is 41.3 Å². The number of benzene rings is 1. The van der Waals surface area contributed by atoms with Gasteiger partial charge in [-0.25, -0.2) is 4.98 Å². The van der Waals surface area contributed by atoms with Crippen molar-refractivity contribution in [2.75, 3.05) is 13.7 Å². The van der Waals surface area contributed by atoms with Crippen molar-refractivity contribution in [2.45, 2.75) is 13.3 Å². The molecule has 8 nitrogen and oxygen atoms in total. The van der Waals surface area contributed by atoms with E-state index < -0.39 is 0 Å². The number of carbonyl (C=O) groups excluding carboxylic acids is 1. The van der Waals surface area contributed by atoms with E-state index in [0.717, 1.165) is 49.9 Å². The van der Waals surface area contributed by atoms with Crippen LogP contribution in [-0.4, -0.2) is 55.9 Å². The molecule has 0 atom stereocenters. The number of hydrogen-bond donors (Lipinski definition) is 2. The summed E-state index contributed by atoms with van der Waals surface area (Å²) < 4.78 is 6.49. The summed E-state index contributed by atoms with van der Waals surface area (Å²) in [6.45, 7) is 2.51. The molecule has 134 valence electrons. The lowest BCUT2D eigenvalue weighted by molar-refractivity contribution is -0.441. The molecule has 5 rings (SSSR count). The molecule has 0 fully saturated rings. The minimum Gasteiger partial charge on any atom is -0.415 e. The molecule has 3 aromatic heterocycles. The molecule has 0 radical (unpaired) electrons. The van der Waals surface area contributed by atoms with E-state index in [2.05, 4.69) is 20.4 Å². The van der Waals surface area contributed by atoms with E-state index in [-0.39, 0.29) is 6.09 Å². The van der Waals surface area contributed by atoms with Gasteiger partial charge in [-0.2, -0.15) is 15.0 Å². The lowest BCUT2D eigenvalue weighted by atomic mass is 9.92. The van der Waals surface area contributed by atoms with Gasteiger partial charge < -0.3 is 4.74 Å². The largest absolute Gasteiger partial charge is 0.596 e. The molecule has 0 bridgehead atoms. The Morgan fingerprint density at radius 3 is 2.85 bits per heavy atom. The maximum absolute atomic E-state index is 12.1. The Kier molecular flexibility index (Phi) is 3.33. The van der Waals surface area contributed by atoms with Crippen LogP contribution in [0.2, 0.25) is 0 Å². The molecule has 2 N–H and O–H groups in total. The minimum atomic E-state index is -0.378. The van der Waals surface area contributed by atoms with Gasteiger partial charge in [0.05, 0.1) is 41.8 Å². The first-order valence-corrected chi connectivity index (χ1v) is 8.66. The third-order valence-corrected chi connectivity index (χ3v) is 5.10. The summed E-state index contributed by atoms with van der Waals surface area (Å²) in [5.41, 5.74) is 6.59. The van der Waals surface area contributed by atoms with Crippen molar-refractivity contribution < 1.29 is 14.1 Å². The average Bonchev–Trinajstić information content (AvgIpc) is 3.34. The number of aromatic amines is 2.